The minimum atomic E-state index is 0. The normalized spacial score (nSPS) is 11.5. The highest BCUT2D eigenvalue weighted by Gasteiger charge is 2.12. The van der Waals surface area contributed by atoms with Crippen LogP contribution < -0.4 is 15.2 Å². The Bertz CT molecular complexity index is 1000. The molecule has 24 heavy (non-hydrogen) atoms. The van der Waals surface area contributed by atoms with Crippen molar-refractivity contribution in [3.05, 3.63) is 58.5 Å². The third kappa shape index (κ3) is 2.90. The standard InChI is InChI=1S/C18H12N2O2S.ClH/c19-18(20)16-9-13-3-1-2-12(17(13)23-16)6-4-11-5-7-14-15(8-11)22-10-21-14;/h1-3,5,7-9H,10H2,(H3,19,20);1H. The molecule has 3 N–H and O–H groups in total. The first-order valence-corrected chi connectivity index (χ1v) is 7.81. The first kappa shape index (κ1) is 16.2. The maximum absolute atomic E-state index is 7.57. The van der Waals surface area contributed by atoms with E-state index in [2.05, 4.69) is 11.8 Å². The quantitative estimate of drug-likeness (QED) is 0.396. The molecule has 1 aromatic heterocycles. The zero-order chi connectivity index (χ0) is 15.8. The first-order chi connectivity index (χ1) is 11.2. The maximum Gasteiger partial charge on any atom is 0.231 e. The average Bonchev–Trinajstić information content (AvgIpc) is 3.18. The van der Waals surface area contributed by atoms with Crippen molar-refractivity contribution in [1.29, 1.82) is 5.41 Å². The summed E-state index contributed by atoms with van der Waals surface area (Å²) in [5, 5.41) is 8.63. The van der Waals surface area contributed by atoms with Gasteiger partial charge in [0, 0.05) is 11.1 Å². The average molecular weight is 357 g/mol. The summed E-state index contributed by atoms with van der Waals surface area (Å²) in [5.41, 5.74) is 7.38. The second kappa shape index (κ2) is 6.44. The van der Waals surface area contributed by atoms with E-state index in [1.807, 2.05) is 42.5 Å². The van der Waals surface area contributed by atoms with E-state index in [0.717, 1.165) is 37.6 Å². The lowest BCUT2D eigenvalue weighted by Gasteiger charge is -1.96. The van der Waals surface area contributed by atoms with Crippen molar-refractivity contribution in [3.8, 4) is 23.3 Å². The number of rotatable bonds is 1. The molecule has 4 rings (SSSR count). The predicted octanol–water partition coefficient (Wildman–Crippen LogP) is 3.74. The summed E-state index contributed by atoms with van der Waals surface area (Å²) in [6.07, 6.45) is 0. The Hall–Kier alpha value is -2.68. The van der Waals surface area contributed by atoms with Gasteiger partial charge in [0.15, 0.2) is 11.5 Å². The molecule has 2 heterocycles. The number of amidine groups is 1. The summed E-state index contributed by atoms with van der Waals surface area (Å²) in [5.74, 6) is 7.92. The molecule has 0 aliphatic carbocycles. The van der Waals surface area contributed by atoms with Gasteiger partial charge in [-0.25, -0.2) is 0 Å². The van der Waals surface area contributed by atoms with Gasteiger partial charge in [-0.2, -0.15) is 0 Å². The van der Waals surface area contributed by atoms with Crippen LogP contribution in [0.4, 0.5) is 0 Å². The number of thiophene rings is 1. The Morgan fingerprint density at radius 1 is 1.08 bits per heavy atom. The SMILES string of the molecule is Cl.N=C(N)c1cc2cccc(C#Cc3ccc4c(c3)OCO4)c2s1. The number of nitrogens with one attached hydrogen (secondary N) is 1. The van der Waals surface area contributed by atoms with E-state index in [1.165, 1.54) is 11.3 Å². The van der Waals surface area contributed by atoms with Gasteiger partial charge in [0.05, 0.1) is 9.58 Å². The molecule has 0 fully saturated rings. The van der Waals surface area contributed by atoms with Crippen molar-refractivity contribution in [1.82, 2.24) is 0 Å². The van der Waals surface area contributed by atoms with E-state index >= 15 is 0 Å². The molecule has 0 bridgehead atoms. The van der Waals surface area contributed by atoms with Gasteiger partial charge in [0.2, 0.25) is 6.79 Å². The Labute approximate surface area is 149 Å². The van der Waals surface area contributed by atoms with Crippen molar-refractivity contribution in [2.45, 2.75) is 0 Å². The van der Waals surface area contributed by atoms with Gasteiger partial charge in [0.1, 0.15) is 5.84 Å². The summed E-state index contributed by atoms with van der Waals surface area (Å²) in [6.45, 7) is 0.258. The molecule has 0 amide bonds. The largest absolute Gasteiger partial charge is 0.454 e. The van der Waals surface area contributed by atoms with Crippen molar-refractivity contribution < 1.29 is 9.47 Å². The lowest BCUT2D eigenvalue weighted by Crippen LogP contribution is -2.08. The number of benzene rings is 2. The monoisotopic (exact) mass is 356 g/mol. The molecule has 0 saturated heterocycles. The summed E-state index contributed by atoms with van der Waals surface area (Å²) in [4.78, 5) is 0.761. The van der Waals surface area contributed by atoms with E-state index in [4.69, 9.17) is 20.6 Å². The van der Waals surface area contributed by atoms with Gasteiger partial charge in [-0.05, 0) is 35.7 Å². The molecule has 1 aliphatic rings. The Balaban J connectivity index is 0.00000169. The number of hydrogen-bond acceptors (Lipinski definition) is 4. The van der Waals surface area contributed by atoms with Crippen LogP contribution in [0, 0.1) is 17.3 Å². The highest BCUT2D eigenvalue weighted by atomic mass is 35.5. The molecule has 0 spiro atoms. The van der Waals surface area contributed by atoms with Gasteiger partial charge >= 0.3 is 0 Å². The number of fused-ring (bicyclic) bond motifs is 2. The molecule has 0 saturated carbocycles. The fraction of sp³-hybridized carbons (Fsp3) is 0.0556. The fourth-order valence-electron chi connectivity index (χ4n) is 2.41. The third-order valence-electron chi connectivity index (χ3n) is 3.52. The Morgan fingerprint density at radius 3 is 2.75 bits per heavy atom. The molecule has 4 nitrogen and oxygen atoms in total. The zero-order valence-corrected chi connectivity index (χ0v) is 14.1. The van der Waals surface area contributed by atoms with Crippen LogP contribution in [0.3, 0.4) is 0 Å². The summed E-state index contributed by atoms with van der Waals surface area (Å²) >= 11 is 1.49. The van der Waals surface area contributed by atoms with Gasteiger partial charge in [-0.3, -0.25) is 5.41 Å². The molecule has 2 aromatic carbocycles. The number of halogens is 1. The van der Waals surface area contributed by atoms with Crippen LogP contribution in [0.1, 0.15) is 16.0 Å². The zero-order valence-electron chi connectivity index (χ0n) is 12.5. The first-order valence-electron chi connectivity index (χ1n) is 6.99. The molecular weight excluding hydrogens is 344 g/mol. The van der Waals surface area contributed by atoms with Crippen LogP contribution >= 0.6 is 23.7 Å². The lowest BCUT2D eigenvalue weighted by atomic mass is 10.1. The Kier molecular flexibility index (Phi) is 4.34. The number of nitrogens with two attached hydrogens (primary N) is 1. The second-order valence-corrected chi connectivity index (χ2v) is 6.12. The van der Waals surface area contributed by atoms with E-state index < -0.39 is 0 Å². The van der Waals surface area contributed by atoms with Crippen molar-refractivity contribution >= 4 is 39.7 Å². The van der Waals surface area contributed by atoms with Crippen LogP contribution in [0.5, 0.6) is 11.5 Å². The molecule has 0 radical (unpaired) electrons. The van der Waals surface area contributed by atoms with E-state index in [0.29, 0.717) is 0 Å². The van der Waals surface area contributed by atoms with E-state index in [-0.39, 0.29) is 25.0 Å². The highest BCUT2D eigenvalue weighted by molar-refractivity contribution is 7.21. The van der Waals surface area contributed by atoms with Gasteiger partial charge < -0.3 is 15.2 Å². The van der Waals surface area contributed by atoms with Crippen LogP contribution in [0.15, 0.2) is 42.5 Å². The number of ether oxygens (including phenoxy) is 2. The van der Waals surface area contributed by atoms with E-state index in [1.54, 1.807) is 0 Å². The van der Waals surface area contributed by atoms with Crippen molar-refractivity contribution in [2.75, 3.05) is 6.79 Å². The third-order valence-corrected chi connectivity index (χ3v) is 4.74. The maximum atomic E-state index is 7.57. The summed E-state index contributed by atoms with van der Waals surface area (Å²) in [6, 6.07) is 13.5. The van der Waals surface area contributed by atoms with Gasteiger partial charge in [-0.1, -0.05) is 24.0 Å². The highest BCUT2D eigenvalue weighted by Crippen LogP contribution is 2.32. The van der Waals surface area contributed by atoms with Crippen LogP contribution in [-0.4, -0.2) is 12.6 Å². The summed E-state index contributed by atoms with van der Waals surface area (Å²) in [7, 11) is 0. The predicted molar refractivity (Wildman–Crippen MR) is 98.6 cm³/mol. The van der Waals surface area contributed by atoms with E-state index in [9.17, 15) is 0 Å². The second-order valence-electron chi connectivity index (χ2n) is 5.07. The van der Waals surface area contributed by atoms with Crippen LogP contribution in [-0.2, 0) is 0 Å². The van der Waals surface area contributed by atoms with Crippen LogP contribution in [0.2, 0.25) is 0 Å². The molecule has 0 unspecified atom stereocenters. The number of nitrogen functional groups attached to an aromatic ring is 1. The molecular formula is C18H13ClN2O2S. The molecule has 1 aliphatic heterocycles. The number of hydrogen-bond donors (Lipinski definition) is 2. The fourth-order valence-corrected chi connectivity index (χ4v) is 3.40. The van der Waals surface area contributed by atoms with Gasteiger partial charge in [-0.15, -0.1) is 23.7 Å². The molecule has 6 heteroatoms. The minimum absolute atomic E-state index is 0. The molecule has 120 valence electrons. The topological polar surface area (TPSA) is 68.3 Å². The Morgan fingerprint density at radius 2 is 1.92 bits per heavy atom. The van der Waals surface area contributed by atoms with Crippen molar-refractivity contribution in [3.63, 3.8) is 0 Å². The van der Waals surface area contributed by atoms with Gasteiger partial charge in [0.25, 0.3) is 0 Å². The summed E-state index contributed by atoms with van der Waals surface area (Å²) < 4.78 is 11.7. The smallest absolute Gasteiger partial charge is 0.231 e. The van der Waals surface area contributed by atoms with Crippen LogP contribution in [0.25, 0.3) is 10.1 Å². The lowest BCUT2D eigenvalue weighted by molar-refractivity contribution is 0.174. The van der Waals surface area contributed by atoms with Crippen molar-refractivity contribution in [2.24, 2.45) is 5.73 Å². The molecule has 3 aromatic rings. The minimum Gasteiger partial charge on any atom is -0.454 e. The molecule has 0 atom stereocenters.